The van der Waals surface area contributed by atoms with Crippen molar-refractivity contribution in [3.8, 4) is 0 Å². The minimum atomic E-state index is -0.428. The van der Waals surface area contributed by atoms with Crippen LogP contribution in [0.2, 0.25) is 0 Å². The van der Waals surface area contributed by atoms with E-state index in [0.29, 0.717) is 49.8 Å². The van der Waals surface area contributed by atoms with Crippen molar-refractivity contribution in [1.29, 1.82) is 0 Å². The Kier molecular flexibility index (Phi) is 7.26. The van der Waals surface area contributed by atoms with Gasteiger partial charge in [-0.1, -0.05) is 6.92 Å². The van der Waals surface area contributed by atoms with Gasteiger partial charge >= 0.3 is 5.97 Å². The molecule has 2 fully saturated rings. The molecular weight excluding hydrogens is 394 g/mol. The van der Waals surface area contributed by atoms with Crippen LogP contribution in [0.25, 0.3) is 0 Å². The maximum Gasteiger partial charge on any atom is 0.341 e. The van der Waals surface area contributed by atoms with Crippen molar-refractivity contribution < 1.29 is 23.9 Å². The normalized spacial score (nSPS) is 20.0. The Morgan fingerprint density at radius 3 is 2.55 bits per heavy atom. The van der Waals surface area contributed by atoms with Crippen molar-refractivity contribution in [2.45, 2.75) is 39.2 Å². The summed E-state index contributed by atoms with van der Waals surface area (Å²) >= 11 is 1.40. The van der Waals surface area contributed by atoms with Crippen molar-refractivity contribution >= 4 is 34.1 Å². The number of rotatable bonds is 6. The highest BCUT2D eigenvalue weighted by Gasteiger charge is 2.31. The van der Waals surface area contributed by atoms with E-state index in [1.165, 1.54) is 18.4 Å². The van der Waals surface area contributed by atoms with Crippen molar-refractivity contribution in [1.82, 2.24) is 9.80 Å². The van der Waals surface area contributed by atoms with Crippen LogP contribution in [-0.4, -0.2) is 80.1 Å². The highest BCUT2D eigenvalue weighted by molar-refractivity contribution is 7.16. The number of nitrogens with one attached hydrogen (secondary N) is 1. The van der Waals surface area contributed by atoms with Gasteiger partial charge in [-0.3, -0.25) is 14.5 Å². The van der Waals surface area contributed by atoms with Gasteiger partial charge in [-0.25, -0.2) is 4.79 Å². The quantitative estimate of drug-likeness (QED) is 0.701. The molecule has 3 heterocycles. The molecule has 29 heavy (non-hydrogen) atoms. The lowest BCUT2D eigenvalue weighted by atomic mass is 10.1. The summed E-state index contributed by atoms with van der Waals surface area (Å²) in [5.74, 6) is -0.531. The van der Waals surface area contributed by atoms with Crippen LogP contribution >= 0.6 is 11.3 Å². The largest absolute Gasteiger partial charge is 0.465 e. The number of hydrogen-bond acceptors (Lipinski definition) is 7. The van der Waals surface area contributed by atoms with Gasteiger partial charge in [0.1, 0.15) is 11.1 Å². The number of carbonyl (C=O) groups excluding carboxylic acids is 3. The topological polar surface area (TPSA) is 88.2 Å². The zero-order valence-electron chi connectivity index (χ0n) is 17.3. The molecule has 1 aromatic rings. The molecular formula is C20H29N3O5S. The number of thiophene rings is 1. The Morgan fingerprint density at radius 1 is 1.24 bits per heavy atom. The molecule has 3 rings (SSSR count). The Hall–Kier alpha value is -1.97. The first kappa shape index (κ1) is 21.7. The molecule has 0 aliphatic carbocycles. The third-order valence-electron chi connectivity index (χ3n) is 5.46. The van der Waals surface area contributed by atoms with E-state index in [0.717, 1.165) is 23.3 Å². The zero-order chi connectivity index (χ0) is 21.0. The summed E-state index contributed by atoms with van der Waals surface area (Å²) in [5, 5.41) is 3.43. The number of anilines is 1. The molecule has 1 aromatic heterocycles. The number of carbonyl (C=O) groups is 3. The number of methoxy groups -OCH3 is 1. The van der Waals surface area contributed by atoms with E-state index < -0.39 is 5.97 Å². The lowest BCUT2D eigenvalue weighted by Gasteiger charge is -2.35. The van der Waals surface area contributed by atoms with Crippen LogP contribution in [-0.2, 0) is 25.5 Å². The maximum absolute atomic E-state index is 12.6. The van der Waals surface area contributed by atoms with Crippen molar-refractivity contribution in [2.75, 3.05) is 51.8 Å². The maximum atomic E-state index is 12.6. The van der Waals surface area contributed by atoms with E-state index in [-0.39, 0.29) is 24.5 Å². The number of nitrogens with zero attached hydrogens (tertiary/aromatic N) is 2. The van der Waals surface area contributed by atoms with Crippen LogP contribution in [0, 0.1) is 6.92 Å². The summed E-state index contributed by atoms with van der Waals surface area (Å²) in [6, 6.07) is 0. The van der Waals surface area contributed by atoms with Gasteiger partial charge in [0.15, 0.2) is 0 Å². The number of piperazine rings is 1. The molecule has 0 unspecified atom stereocenters. The van der Waals surface area contributed by atoms with Crippen molar-refractivity contribution in [3.05, 3.63) is 16.0 Å². The predicted octanol–water partition coefficient (Wildman–Crippen LogP) is 1.67. The molecule has 0 spiro atoms. The highest BCUT2D eigenvalue weighted by Crippen LogP contribution is 2.34. The third kappa shape index (κ3) is 4.96. The molecule has 160 valence electrons. The summed E-state index contributed by atoms with van der Waals surface area (Å²) in [7, 11) is 1.35. The van der Waals surface area contributed by atoms with Crippen LogP contribution in [0.3, 0.4) is 0 Å². The molecule has 0 aromatic carbocycles. The van der Waals surface area contributed by atoms with Crippen LogP contribution in [0.4, 0.5) is 5.00 Å². The fraction of sp³-hybridized carbons (Fsp3) is 0.650. The molecule has 0 bridgehead atoms. The van der Waals surface area contributed by atoms with Gasteiger partial charge in [0.25, 0.3) is 5.91 Å². The van der Waals surface area contributed by atoms with E-state index in [1.54, 1.807) is 0 Å². The van der Waals surface area contributed by atoms with E-state index in [4.69, 9.17) is 9.47 Å². The van der Waals surface area contributed by atoms with Crippen molar-refractivity contribution in [3.63, 3.8) is 0 Å². The smallest absolute Gasteiger partial charge is 0.341 e. The number of amides is 2. The molecule has 1 atom stereocenters. The molecule has 8 nitrogen and oxygen atoms in total. The average Bonchev–Trinajstić information content (AvgIpc) is 3.35. The summed E-state index contributed by atoms with van der Waals surface area (Å²) in [5.41, 5.74) is 1.37. The molecule has 2 amide bonds. The molecule has 1 N–H and O–H groups in total. The first-order valence-electron chi connectivity index (χ1n) is 10.1. The summed E-state index contributed by atoms with van der Waals surface area (Å²) < 4.78 is 10.4. The summed E-state index contributed by atoms with van der Waals surface area (Å²) in [6.07, 6.45) is 2.13. The Bertz CT molecular complexity index is 764. The fourth-order valence-electron chi connectivity index (χ4n) is 3.88. The lowest BCUT2D eigenvalue weighted by Crippen LogP contribution is -2.52. The van der Waals surface area contributed by atoms with E-state index in [2.05, 4.69) is 5.32 Å². The SMILES string of the molecule is CCc1c(C)sc(NC(=O)CN2CCN(C(=O)[C@H]3CCCO3)CC2)c1C(=O)OC. The van der Waals surface area contributed by atoms with Crippen LogP contribution in [0.15, 0.2) is 0 Å². The van der Waals surface area contributed by atoms with Crippen LogP contribution in [0.1, 0.15) is 40.6 Å². The molecule has 0 saturated carbocycles. The average molecular weight is 424 g/mol. The second-order valence-corrected chi connectivity index (χ2v) is 8.56. The van der Waals surface area contributed by atoms with Gasteiger partial charge in [-0.2, -0.15) is 0 Å². The second-order valence-electron chi connectivity index (χ2n) is 7.34. The number of aryl methyl sites for hydroxylation is 1. The summed E-state index contributed by atoms with van der Waals surface area (Å²) in [6.45, 7) is 7.27. The Morgan fingerprint density at radius 2 is 1.97 bits per heavy atom. The third-order valence-corrected chi connectivity index (χ3v) is 6.52. The molecule has 0 radical (unpaired) electrons. The fourth-order valence-corrected chi connectivity index (χ4v) is 5.03. The zero-order valence-corrected chi connectivity index (χ0v) is 18.1. The molecule has 9 heteroatoms. The second kappa shape index (κ2) is 9.69. The standard InChI is InChI=1S/C20H29N3O5S/c1-4-14-13(2)29-18(17(14)20(26)27-3)21-16(24)12-22-7-9-23(10-8-22)19(25)15-6-5-11-28-15/h15H,4-12H2,1-3H3,(H,21,24)/t15-/m1/s1. The van der Waals surface area contributed by atoms with Gasteiger partial charge in [0.05, 0.1) is 19.2 Å². The predicted molar refractivity (Wildman–Crippen MR) is 110 cm³/mol. The number of hydrogen-bond donors (Lipinski definition) is 1. The number of esters is 1. The van der Waals surface area contributed by atoms with Crippen LogP contribution in [0.5, 0.6) is 0 Å². The van der Waals surface area contributed by atoms with E-state index in [1.807, 2.05) is 23.6 Å². The lowest BCUT2D eigenvalue weighted by molar-refractivity contribution is -0.142. The van der Waals surface area contributed by atoms with Gasteiger partial charge in [0, 0.05) is 37.7 Å². The summed E-state index contributed by atoms with van der Waals surface area (Å²) in [4.78, 5) is 42.0. The number of ether oxygens (including phenoxy) is 2. The van der Waals surface area contributed by atoms with E-state index in [9.17, 15) is 14.4 Å². The molecule has 2 saturated heterocycles. The van der Waals surface area contributed by atoms with Gasteiger partial charge in [-0.05, 0) is 31.7 Å². The first-order chi connectivity index (χ1) is 13.9. The van der Waals surface area contributed by atoms with E-state index >= 15 is 0 Å². The van der Waals surface area contributed by atoms with Gasteiger partial charge in [0.2, 0.25) is 5.91 Å². The highest BCUT2D eigenvalue weighted by atomic mass is 32.1. The molecule has 2 aliphatic rings. The van der Waals surface area contributed by atoms with Gasteiger partial charge in [-0.15, -0.1) is 11.3 Å². The van der Waals surface area contributed by atoms with Crippen LogP contribution < -0.4 is 5.32 Å². The Labute approximate surface area is 175 Å². The monoisotopic (exact) mass is 423 g/mol. The minimum Gasteiger partial charge on any atom is -0.465 e. The molecule has 2 aliphatic heterocycles. The first-order valence-corrected chi connectivity index (χ1v) is 10.9. The minimum absolute atomic E-state index is 0.0653. The van der Waals surface area contributed by atoms with Gasteiger partial charge < -0.3 is 19.7 Å². The Balaban J connectivity index is 1.54. The van der Waals surface area contributed by atoms with Crippen molar-refractivity contribution in [2.24, 2.45) is 0 Å².